The van der Waals surface area contributed by atoms with Crippen LogP contribution in [0.4, 0.5) is 0 Å². The molecule has 2 aromatic heterocycles. The van der Waals surface area contributed by atoms with Crippen molar-refractivity contribution in [3.05, 3.63) is 92.9 Å². The quantitative estimate of drug-likeness (QED) is 0.273. The summed E-state index contributed by atoms with van der Waals surface area (Å²) in [6.07, 6.45) is 3.30. The molecule has 0 atom stereocenters. The highest BCUT2D eigenvalue weighted by Gasteiger charge is 2.22. The van der Waals surface area contributed by atoms with Crippen LogP contribution in [0.1, 0.15) is 21.7 Å². The first-order valence-corrected chi connectivity index (χ1v) is 11.5. The zero-order chi connectivity index (χ0) is 22.5. The van der Waals surface area contributed by atoms with E-state index in [0.29, 0.717) is 37.4 Å². The zero-order valence-electron chi connectivity index (χ0n) is 16.4. The van der Waals surface area contributed by atoms with Gasteiger partial charge in [-0.1, -0.05) is 70.0 Å². The van der Waals surface area contributed by atoms with Crippen molar-refractivity contribution >= 4 is 52.5 Å². The number of nitrogens with one attached hydrogen (secondary N) is 1. The maximum absolute atomic E-state index is 13.0. The van der Waals surface area contributed by atoms with Crippen LogP contribution in [0, 0.1) is 0 Å². The highest BCUT2D eigenvalue weighted by Crippen LogP contribution is 2.26. The fourth-order valence-corrected chi connectivity index (χ4v) is 4.38. The van der Waals surface area contributed by atoms with E-state index in [0.717, 1.165) is 5.56 Å². The van der Waals surface area contributed by atoms with Crippen molar-refractivity contribution in [2.24, 2.45) is 0 Å². The van der Waals surface area contributed by atoms with E-state index < -0.39 is 0 Å². The predicted octanol–water partition coefficient (Wildman–Crippen LogP) is 5.24. The smallest absolute Gasteiger partial charge is 0.274 e. The molecule has 0 aliphatic rings. The molecule has 0 saturated carbocycles. The minimum atomic E-state index is -0.381. The molecule has 2 aromatic carbocycles. The fraction of sp³-hybridized carbons (Fsp3) is 0.0952. The molecule has 0 aliphatic carbocycles. The Bertz CT molecular complexity index is 1230. The van der Waals surface area contributed by atoms with Gasteiger partial charge in [-0.3, -0.25) is 4.79 Å². The molecule has 0 aliphatic heterocycles. The third-order valence-corrected chi connectivity index (χ3v) is 6.04. The minimum absolute atomic E-state index is 0.177. The van der Waals surface area contributed by atoms with E-state index in [1.807, 2.05) is 18.2 Å². The predicted molar refractivity (Wildman–Crippen MR) is 126 cm³/mol. The standard InChI is InChI=1S/C21H15Cl3N6OS/c22-14-8-15(23)10-16(9-14)30-18(12-32-21-25-6-3-7-26-21)19(28-29-30)20(31)27-11-13-4-1-2-5-17(13)24/h1-10H,11-12H2,(H,27,31). The first-order valence-electron chi connectivity index (χ1n) is 9.34. The Morgan fingerprint density at radius 3 is 2.44 bits per heavy atom. The Labute approximate surface area is 203 Å². The maximum atomic E-state index is 13.0. The zero-order valence-corrected chi connectivity index (χ0v) is 19.5. The van der Waals surface area contributed by atoms with Crippen LogP contribution >= 0.6 is 46.6 Å². The van der Waals surface area contributed by atoms with E-state index in [2.05, 4.69) is 25.6 Å². The summed E-state index contributed by atoms with van der Waals surface area (Å²) in [4.78, 5) is 21.4. The SMILES string of the molecule is O=C(NCc1ccccc1Cl)c1nnn(-c2cc(Cl)cc(Cl)c2)c1CSc1ncccn1. The molecule has 0 unspecified atom stereocenters. The Morgan fingerprint density at radius 1 is 1.00 bits per heavy atom. The van der Waals surface area contributed by atoms with Crippen LogP contribution in [0.25, 0.3) is 5.69 Å². The van der Waals surface area contributed by atoms with Gasteiger partial charge in [0.1, 0.15) is 0 Å². The largest absolute Gasteiger partial charge is 0.346 e. The van der Waals surface area contributed by atoms with Crippen LogP contribution in [-0.4, -0.2) is 30.9 Å². The summed E-state index contributed by atoms with van der Waals surface area (Å²) >= 11 is 19.9. The second-order valence-electron chi connectivity index (χ2n) is 6.52. The molecule has 1 amide bonds. The van der Waals surface area contributed by atoms with Crippen molar-refractivity contribution in [3.8, 4) is 5.69 Å². The number of benzene rings is 2. The van der Waals surface area contributed by atoms with Crippen molar-refractivity contribution in [1.29, 1.82) is 0 Å². The Balaban J connectivity index is 1.64. The third-order valence-electron chi connectivity index (χ3n) is 4.35. The number of rotatable bonds is 7. The van der Waals surface area contributed by atoms with Gasteiger partial charge >= 0.3 is 0 Å². The van der Waals surface area contributed by atoms with Crippen LogP contribution in [0.5, 0.6) is 0 Å². The molecular formula is C21H15Cl3N6OS. The lowest BCUT2D eigenvalue weighted by molar-refractivity contribution is 0.0945. The van der Waals surface area contributed by atoms with E-state index in [9.17, 15) is 4.79 Å². The highest BCUT2D eigenvalue weighted by atomic mass is 35.5. The molecule has 11 heteroatoms. The molecule has 0 spiro atoms. The van der Waals surface area contributed by atoms with Crippen molar-refractivity contribution < 1.29 is 4.79 Å². The molecule has 0 bridgehead atoms. The molecule has 4 rings (SSSR count). The minimum Gasteiger partial charge on any atom is -0.346 e. The summed E-state index contributed by atoms with van der Waals surface area (Å²) in [7, 11) is 0. The highest BCUT2D eigenvalue weighted by molar-refractivity contribution is 7.98. The van der Waals surface area contributed by atoms with E-state index in [1.54, 1.807) is 42.7 Å². The summed E-state index contributed by atoms with van der Waals surface area (Å²) in [6.45, 7) is 0.253. The second-order valence-corrected chi connectivity index (χ2v) is 8.74. The van der Waals surface area contributed by atoms with Crippen LogP contribution in [0.2, 0.25) is 15.1 Å². The summed E-state index contributed by atoms with van der Waals surface area (Å²) in [5.74, 6) is -0.0374. The fourth-order valence-electron chi connectivity index (χ4n) is 2.87. The number of aromatic nitrogens is 5. The number of hydrogen-bond acceptors (Lipinski definition) is 6. The number of carbonyl (C=O) groups excluding carboxylic acids is 1. The Morgan fingerprint density at radius 2 is 1.72 bits per heavy atom. The van der Waals surface area contributed by atoms with Crippen molar-refractivity contribution in [3.63, 3.8) is 0 Å². The van der Waals surface area contributed by atoms with Gasteiger partial charge in [0.05, 0.1) is 11.4 Å². The summed E-state index contributed by atoms with van der Waals surface area (Å²) in [6, 6.07) is 14.0. The summed E-state index contributed by atoms with van der Waals surface area (Å²) in [5, 5.41) is 13.2. The van der Waals surface area contributed by atoms with E-state index >= 15 is 0 Å². The first-order chi connectivity index (χ1) is 15.5. The van der Waals surface area contributed by atoms with Gasteiger partial charge < -0.3 is 5.32 Å². The number of hydrogen-bond donors (Lipinski definition) is 1. The monoisotopic (exact) mass is 504 g/mol. The van der Waals surface area contributed by atoms with Gasteiger partial charge in [-0.2, -0.15) is 0 Å². The normalized spacial score (nSPS) is 10.8. The molecule has 0 fully saturated rings. The van der Waals surface area contributed by atoms with E-state index in [1.165, 1.54) is 16.4 Å². The van der Waals surface area contributed by atoms with Crippen molar-refractivity contribution in [2.75, 3.05) is 0 Å². The molecule has 162 valence electrons. The molecule has 1 N–H and O–H groups in total. The maximum Gasteiger partial charge on any atom is 0.274 e. The molecule has 0 saturated heterocycles. The van der Waals surface area contributed by atoms with Crippen LogP contribution in [-0.2, 0) is 12.3 Å². The van der Waals surface area contributed by atoms with Gasteiger partial charge in [0, 0.05) is 39.8 Å². The van der Waals surface area contributed by atoms with Gasteiger partial charge in [-0.15, -0.1) is 5.10 Å². The summed E-state index contributed by atoms with van der Waals surface area (Å²) < 4.78 is 1.54. The van der Waals surface area contributed by atoms with E-state index in [-0.39, 0.29) is 18.1 Å². The molecule has 7 nitrogen and oxygen atoms in total. The average molecular weight is 506 g/mol. The van der Waals surface area contributed by atoms with Crippen LogP contribution in [0.15, 0.2) is 66.1 Å². The lowest BCUT2D eigenvalue weighted by Crippen LogP contribution is -2.24. The number of amides is 1. The van der Waals surface area contributed by atoms with Gasteiger partial charge in [-0.25, -0.2) is 14.6 Å². The Kier molecular flexibility index (Phi) is 7.26. The van der Waals surface area contributed by atoms with Gasteiger partial charge in [-0.05, 0) is 35.9 Å². The molecular weight excluding hydrogens is 491 g/mol. The van der Waals surface area contributed by atoms with Crippen LogP contribution in [0.3, 0.4) is 0 Å². The Hall–Kier alpha value is -2.65. The third kappa shape index (κ3) is 5.39. The molecule has 4 aromatic rings. The van der Waals surface area contributed by atoms with E-state index in [4.69, 9.17) is 34.8 Å². The molecule has 2 heterocycles. The van der Waals surface area contributed by atoms with Gasteiger partial charge in [0.15, 0.2) is 10.9 Å². The van der Waals surface area contributed by atoms with Crippen molar-refractivity contribution in [2.45, 2.75) is 17.5 Å². The first kappa shape index (κ1) is 22.5. The average Bonchev–Trinajstić information content (AvgIpc) is 3.21. The second kappa shape index (κ2) is 10.3. The van der Waals surface area contributed by atoms with Crippen molar-refractivity contribution in [1.82, 2.24) is 30.3 Å². The topological polar surface area (TPSA) is 85.6 Å². The number of carbonyl (C=O) groups is 1. The van der Waals surface area contributed by atoms with Gasteiger partial charge in [0.2, 0.25) is 0 Å². The molecule has 32 heavy (non-hydrogen) atoms. The number of nitrogens with zero attached hydrogens (tertiary/aromatic N) is 5. The number of thioether (sulfide) groups is 1. The lowest BCUT2D eigenvalue weighted by atomic mass is 10.2. The lowest BCUT2D eigenvalue weighted by Gasteiger charge is -2.09. The van der Waals surface area contributed by atoms with Gasteiger partial charge in [0.25, 0.3) is 5.91 Å². The number of halogens is 3. The van der Waals surface area contributed by atoms with Crippen LogP contribution < -0.4 is 5.32 Å². The summed E-state index contributed by atoms with van der Waals surface area (Å²) in [5.41, 5.74) is 2.11. The molecule has 0 radical (unpaired) electrons.